The maximum Gasteiger partial charge on any atom is 0.260 e. The molecule has 0 aromatic heterocycles. The van der Waals surface area contributed by atoms with E-state index in [0.717, 1.165) is 16.1 Å². The van der Waals surface area contributed by atoms with Crippen LogP contribution in [-0.4, -0.2) is 45.6 Å². The lowest BCUT2D eigenvalue weighted by molar-refractivity contribution is -0.119. The van der Waals surface area contributed by atoms with Crippen molar-refractivity contribution in [1.29, 1.82) is 0 Å². The second-order valence-corrected chi connectivity index (χ2v) is 7.65. The molecule has 1 amide bonds. The van der Waals surface area contributed by atoms with Gasteiger partial charge >= 0.3 is 0 Å². The number of ether oxygens (including phenoxy) is 1. The molecular weight excluding hydrogens is 370 g/mol. The zero-order valence-corrected chi connectivity index (χ0v) is 16.0. The van der Waals surface area contributed by atoms with Crippen LogP contribution in [0.25, 0.3) is 0 Å². The standard InChI is InChI=1S/C18H21N3O5S/c1-13-7-4-5-9-15(13)21(27(3,24)25)12-17(22)20-19-11-14-8-6-10-16(26-2)18(14)23/h4-11,23H,12H2,1-3H3,(H,20,22)/b19-11+. The van der Waals surface area contributed by atoms with Gasteiger partial charge in [-0.2, -0.15) is 5.10 Å². The van der Waals surface area contributed by atoms with E-state index in [-0.39, 0.29) is 11.5 Å². The van der Waals surface area contributed by atoms with E-state index in [1.807, 2.05) is 0 Å². The lowest BCUT2D eigenvalue weighted by Crippen LogP contribution is -2.39. The number of nitrogens with zero attached hydrogens (tertiary/aromatic N) is 2. The summed E-state index contributed by atoms with van der Waals surface area (Å²) in [6.45, 7) is 1.33. The topological polar surface area (TPSA) is 108 Å². The highest BCUT2D eigenvalue weighted by molar-refractivity contribution is 7.92. The Hall–Kier alpha value is -3.07. The summed E-state index contributed by atoms with van der Waals surface area (Å²) in [5, 5.41) is 13.7. The number of nitrogens with one attached hydrogen (secondary N) is 1. The Morgan fingerprint density at radius 1 is 1.26 bits per heavy atom. The highest BCUT2D eigenvalue weighted by Gasteiger charge is 2.21. The van der Waals surface area contributed by atoms with E-state index >= 15 is 0 Å². The summed E-state index contributed by atoms with van der Waals surface area (Å²) in [5.74, 6) is -0.467. The SMILES string of the molecule is COc1cccc(/C=N/NC(=O)CN(c2ccccc2C)S(C)(=O)=O)c1O. The average Bonchev–Trinajstić information content (AvgIpc) is 2.61. The van der Waals surface area contributed by atoms with Gasteiger partial charge in [-0.15, -0.1) is 0 Å². The number of aryl methyl sites for hydroxylation is 1. The van der Waals surface area contributed by atoms with Crippen LogP contribution in [0.15, 0.2) is 47.6 Å². The molecule has 8 nitrogen and oxygen atoms in total. The summed E-state index contributed by atoms with van der Waals surface area (Å²) in [6, 6.07) is 11.7. The van der Waals surface area contributed by atoms with Crippen molar-refractivity contribution >= 4 is 27.8 Å². The number of carbonyl (C=O) groups excluding carboxylic acids is 1. The number of aromatic hydroxyl groups is 1. The number of carbonyl (C=O) groups is 1. The number of hydrazone groups is 1. The van der Waals surface area contributed by atoms with E-state index in [4.69, 9.17) is 4.74 Å². The van der Waals surface area contributed by atoms with Gasteiger partial charge < -0.3 is 9.84 Å². The quantitative estimate of drug-likeness (QED) is 0.551. The van der Waals surface area contributed by atoms with E-state index < -0.39 is 22.5 Å². The zero-order chi connectivity index (χ0) is 20.0. The summed E-state index contributed by atoms with van der Waals surface area (Å²) >= 11 is 0. The van der Waals surface area contributed by atoms with Gasteiger partial charge in [0, 0.05) is 5.56 Å². The first-order valence-corrected chi connectivity index (χ1v) is 9.80. The van der Waals surface area contributed by atoms with Crippen molar-refractivity contribution in [2.24, 2.45) is 5.10 Å². The maximum atomic E-state index is 12.2. The van der Waals surface area contributed by atoms with Crippen LogP contribution in [0.5, 0.6) is 11.5 Å². The number of hydrogen-bond acceptors (Lipinski definition) is 6. The lowest BCUT2D eigenvalue weighted by atomic mass is 10.2. The number of hydrogen-bond donors (Lipinski definition) is 2. The molecule has 0 atom stereocenters. The Labute approximate surface area is 158 Å². The van der Waals surface area contributed by atoms with Crippen molar-refractivity contribution in [3.8, 4) is 11.5 Å². The van der Waals surface area contributed by atoms with Crippen molar-refractivity contribution in [3.05, 3.63) is 53.6 Å². The second kappa shape index (κ2) is 8.54. The Morgan fingerprint density at radius 2 is 1.96 bits per heavy atom. The normalized spacial score (nSPS) is 11.4. The molecule has 0 saturated heterocycles. The maximum absolute atomic E-state index is 12.2. The molecule has 27 heavy (non-hydrogen) atoms. The number of amides is 1. The predicted octanol–water partition coefficient (Wildman–Crippen LogP) is 1.63. The van der Waals surface area contributed by atoms with Gasteiger partial charge in [0.2, 0.25) is 10.0 Å². The van der Waals surface area contributed by atoms with Crippen molar-refractivity contribution < 1.29 is 23.1 Å². The van der Waals surface area contributed by atoms with E-state index in [0.29, 0.717) is 11.3 Å². The first-order chi connectivity index (χ1) is 12.7. The molecule has 0 radical (unpaired) electrons. The highest BCUT2D eigenvalue weighted by Crippen LogP contribution is 2.28. The Morgan fingerprint density at radius 3 is 2.59 bits per heavy atom. The number of methoxy groups -OCH3 is 1. The molecule has 0 aliphatic rings. The molecule has 0 aliphatic heterocycles. The fourth-order valence-electron chi connectivity index (χ4n) is 2.37. The average molecular weight is 391 g/mol. The van der Waals surface area contributed by atoms with Gasteiger partial charge in [0.1, 0.15) is 6.54 Å². The minimum absolute atomic E-state index is 0.115. The number of sulfonamides is 1. The fraction of sp³-hybridized carbons (Fsp3) is 0.222. The lowest BCUT2D eigenvalue weighted by Gasteiger charge is -2.23. The Kier molecular flexibility index (Phi) is 6.40. The van der Waals surface area contributed by atoms with Crippen molar-refractivity contribution in [1.82, 2.24) is 5.43 Å². The van der Waals surface area contributed by atoms with Crippen LogP contribution in [0.4, 0.5) is 5.69 Å². The number of para-hydroxylation sites is 2. The molecule has 0 unspecified atom stereocenters. The Balaban J connectivity index is 2.12. The van der Waals surface area contributed by atoms with E-state index in [1.165, 1.54) is 13.3 Å². The van der Waals surface area contributed by atoms with Gasteiger partial charge in [-0.25, -0.2) is 13.8 Å². The van der Waals surface area contributed by atoms with E-state index in [2.05, 4.69) is 10.5 Å². The molecular formula is C18H21N3O5S. The monoisotopic (exact) mass is 391 g/mol. The van der Waals surface area contributed by atoms with Gasteiger partial charge in [0.05, 0.1) is 25.3 Å². The minimum atomic E-state index is -3.66. The molecule has 2 aromatic carbocycles. The predicted molar refractivity (Wildman–Crippen MR) is 104 cm³/mol. The summed E-state index contributed by atoms with van der Waals surface area (Å²) in [5.41, 5.74) is 3.74. The molecule has 0 spiro atoms. The first kappa shape index (κ1) is 20.2. The summed E-state index contributed by atoms with van der Waals surface area (Å²) in [7, 11) is -2.24. The van der Waals surface area contributed by atoms with Gasteiger partial charge in [0.25, 0.3) is 5.91 Å². The van der Waals surface area contributed by atoms with Crippen LogP contribution in [0.3, 0.4) is 0 Å². The van der Waals surface area contributed by atoms with Gasteiger partial charge in [-0.1, -0.05) is 24.3 Å². The number of phenolic OH excluding ortho intramolecular Hbond substituents is 1. The third kappa shape index (κ3) is 5.20. The van der Waals surface area contributed by atoms with Crippen molar-refractivity contribution in [3.63, 3.8) is 0 Å². The molecule has 0 aliphatic carbocycles. The molecule has 0 saturated carbocycles. The van der Waals surface area contributed by atoms with Gasteiger partial charge in [-0.3, -0.25) is 9.10 Å². The van der Waals surface area contributed by atoms with Crippen LogP contribution >= 0.6 is 0 Å². The number of benzene rings is 2. The Bertz CT molecular complexity index is 957. The highest BCUT2D eigenvalue weighted by atomic mass is 32.2. The second-order valence-electron chi connectivity index (χ2n) is 5.75. The first-order valence-electron chi connectivity index (χ1n) is 7.95. The molecule has 2 aromatic rings. The summed E-state index contributed by atoms with van der Waals surface area (Å²) in [6.07, 6.45) is 2.28. The molecule has 2 rings (SSSR count). The van der Waals surface area contributed by atoms with E-state index in [9.17, 15) is 18.3 Å². The third-order valence-corrected chi connectivity index (χ3v) is 4.84. The number of rotatable bonds is 7. The minimum Gasteiger partial charge on any atom is -0.504 e. The van der Waals surface area contributed by atoms with Crippen molar-refractivity contribution in [2.45, 2.75) is 6.92 Å². The van der Waals surface area contributed by atoms with E-state index in [1.54, 1.807) is 49.4 Å². The molecule has 0 heterocycles. The molecule has 144 valence electrons. The number of anilines is 1. The molecule has 0 bridgehead atoms. The van der Waals surface area contributed by atoms with Crippen LogP contribution in [0.2, 0.25) is 0 Å². The van der Waals surface area contributed by atoms with Crippen LogP contribution in [0, 0.1) is 6.92 Å². The summed E-state index contributed by atoms with van der Waals surface area (Å²) in [4.78, 5) is 12.2. The van der Waals surface area contributed by atoms with Crippen LogP contribution in [0.1, 0.15) is 11.1 Å². The summed E-state index contributed by atoms with van der Waals surface area (Å²) < 4.78 is 30.2. The van der Waals surface area contributed by atoms with Crippen LogP contribution < -0.4 is 14.5 Å². The van der Waals surface area contributed by atoms with Gasteiger partial charge in [-0.05, 0) is 30.7 Å². The zero-order valence-electron chi connectivity index (χ0n) is 15.2. The fourth-order valence-corrected chi connectivity index (χ4v) is 3.29. The number of phenols is 1. The van der Waals surface area contributed by atoms with Crippen molar-refractivity contribution in [2.75, 3.05) is 24.2 Å². The third-order valence-electron chi connectivity index (χ3n) is 3.71. The van der Waals surface area contributed by atoms with Gasteiger partial charge in [0.15, 0.2) is 11.5 Å². The molecule has 0 fully saturated rings. The molecule has 9 heteroatoms. The smallest absolute Gasteiger partial charge is 0.260 e. The largest absolute Gasteiger partial charge is 0.504 e. The molecule has 2 N–H and O–H groups in total. The van der Waals surface area contributed by atoms with Crippen LogP contribution in [-0.2, 0) is 14.8 Å².